The molecule has 0 amide bonds. The minimum absolute atomic E-state index is 0.0942. The minimum atomic E-state index is -2.54. The van der Waals surface area contributed by atoms with Gasteiger partial charge >= 0.3 is 5.97 Å². The highest BCUT2D eigenvalue weighted by Gasteiger charge is 2.20. The molecule has 0 N–H and O–H groups in total. The van der Waals surface area contributed by atoms with Gasteiger partial charge in [0, 0.05) is 5.56 Å². The third kappa shape index (κ3) is 2.66. The summed E-state index contributed by atoms with van der Waals surface area (Å²) in [5, 5.41) is 7.66. The summed E-state index contributed by atoms with van der Waals surface area (Å²) in [5.74, 6) is -0.548. The van der Waals surface area contributed by atoms with E-state index in [2.05, 4.69) is 10.3 Å². The standard InChI is InChI=1S/C13H13F2N3O2/c1-3-20-13(19)11-8(2)16-17-18(11)10-6-4-9(5-7-10)12(14)15/h4-7,12H,3H2,1-2H3. The molecule has 0 saturated heterocycles. The van der Waals surface area contributed by atoms with E-state index in [0.29, 0.717) is 11.4 Å². The maximum absolute atomic E-state index is 12.5. The topological polar surface area (TPSA) is 57.0 Å². The van der Waals surface area contributed by atoms with Gasteiger partial charge in [0.2, 0.25) is 0 Å². The molecule has 5 nitrogen and oxygen atoms in total. The molecule has 2 aromatic rings. The minimum Gasteiger partial charge on any atom is -0.461 e. The van der Waals surface area contributed by atoms with Crippen LogP contribution >= 0.6 is 0 Å². The van der Waals surface area contributed by atoms with Crippen molar-refractivity contribution < 1.29 is 18.3 Å². The number of nitrogens with zero attached hydrogens (tertiary/aromatic N) is 3. The molecule has 106 valence electrons. The van der Waals surface area contributed by atoms with Crippen LogP contribution in [0.25, 0.3) is 5.69 Å². The molecule has 2 rings (SSSR count). The van der Waals surface area contributed by atoms with Crippen LogP contribution in [0.5, 0.6) is 0 Å². The molecule has 1 heterocycles. The van der Waals surface area contributed by atoms with Gasteiger partial charge in [-0.05, 0) is 26.0 Å². The number of hydrogen-bond acceptors (Lipinski definition) is 4. The van der Waals surface area contributed by atoms with Crippen LogP contribution in [0.2, 0.25) is 0 Å². The number of carbonyl (C=O) groups is 1. The van der Waals surface area contributed by atoms with E-state index < -0.39 is 12.4 Å². The fourth-order valence-corrected chi connectivity index (χ4v) is 1.73. The van der Waals surface area contributed by atoms with Gasteiger partial charge in [0.25, 0.3) is 6.43 Å². The van der Waals surface area contributed by atoms with Crippen molar-refractivity contribution in [2.45, 2.75) is 20.3 Å². The summed E-state index contributed by atoms with van der Waals surface area (Å²) < 4.78 is 31.2. The van der Waals surface area contributed by atoms with Crippen LogP contribution in [0.4, 0.5) is 8.78 Å². The van der Waals surface area contributed by atoms with Gasteiger partial charge in [0.15, 0.2) is 5.69 Å². The van der Waals surface area contributed by atoms with Gasteiger partial charge in [-0.25, -0.2) is 18.3 Å². The fraction of sp³-hybridized carbons (Fsp3) is 0.308. The van der Waals surface area contributed by atoms with E-state index in [9.17, 15) is 13.6 Å². The number of hydrogen-bond donors (Lipinski definition) is 0. The molecule has 1 aromatic heterocycles. The molecule has 0 aliphatic heterocycles. The molecule has 0 bridgehead atoms. The fourth-order valence-electron chi connectivity index (χ4n) is 1.73. The Hall–Kier alpha value is -2.31. The van der Waals surface area contributed by atoms with Crippen LogP contribution in [-0.2, 0) is 4.74 Å². The molecule has 20 heavy (non-hydrogen) atoms. The summed E-state index contributed by atoms with van der Waals surface area (Å²) in [4.78, 5) is 11.9. The number of carbonyl (C=O) groups excluding carboxylic acids is 1. The number of esters is 1. The molecular weight excluding hydrogens is 268 g/mol. The Morgan fingerprint density at radius 3 is 2.55 bits per heavy atom. The van der Waals surface area contributed by atoms with E-state index in [1.165, 1.54) is 28.9 Å². The van der Waals surface area contributed by atoms with Crippen molar-refractivity contribution in [3.8, 4) is 5.69 Å². The van der Waals surface area contributed by atoms with E-state index in [1.54, 1.807) is 13.8 Å². The Balaban J connectivity index is 2.40. The van der Waals surface area contributed by atoms with Gasteiger partial charge in [-0.1, -0.05) is 17.3 Å². The van der Waals surface area contributed by atoms with Crippen LogP contribution in [0.3, 0.4) is 0 Å². The molecule has 1 aromatic carbocycles. The van der Waals surface area contributed by atoms with E-state index in [-0.39, 0.29) is 17.9 Å². The number of halogens is 2. The quantitative estimate of drug-likeness (QED) is 0.808. The van der Waals surface area contributed by atoms with Crippen LogP contribution < -0.4 is 0 Å². The molecule has 0 radical (unpaired) electrons. The summed E-state index contributed by atoms with van der Waals surface area (Å²) in [6, 6.07) is 5.48. The predicted molar refractivity (Wildman–Crippen MR) is 67.0 cm³/mol. The second-order valence-electron chi connectivity index (χ2n) is 4.05. The number of rotatable bonds is 4. The first kappa shape index (κ1) is 14.1. The summed E-state index contributed by atoms with van der Waals surface area (Å²) in [6.45, 7) is 3.55. The Bertz CT molecular complexity index is 609. The van der Waals surface area contributed by atoms with Crippen molar-refractivity contribution in [1.82, 2.24) is 15.0 Å². The number of benzene rings is 1. The zero-order valence-electron chi connectivity index (χ0n) is 11.0. The molecular formula is C13H13F2N3O2. The maximum atomic E-state index is 12.5. The number of aromatic nitrogens is 3. The van der Waals surface area contributed by atoms with Crippen LogP contribution in [-0.4, -0.2) is 27.6 Å². The van der Waals surface area contributed by atoms with Crippen molar-refractivity contribution >= 4 is 5.97 Å². The van der Waals surface area contributed by atoms with E-state index in [1.807, 2.05) is 0 Å². The molecule has 0 spiro atoms. The van der Waals surface area contributed by atoms with Gasteiger partial charge < -0.3 is 4.74 Å². The summed E-state index contributed by atoms with van der Waals surface area (Å²) in [5.41, 5.74) is 0.986. The molecule has 0 unspecified atom stereocenters. The number of alkyl halides is 2. The second-order valence-corrected chi connectivity index (χ2v) is 4.05. The molecule has 0 aliphatic rings. The lowest BCUT2D eigenvalue weighted by Gasteiger charge is -2.07. The highest BCUT2D eigenvalue weighted by atomic mass is 19.3. The normalized spacial score (nSPS) is 10.8. The zero-order valence-corrected chi connectivity index (χ0v) is 11.0. The molecule has 0 saturated carbocycles. The van der Waals surface area contributed by atoms with E-state index in [0.717, 1.165) is 0 Å². The average Bonchev–Trinajstić information content (AvgIpc) is 2.81. The first-order chi connectivity index (χ1) is 9.54. The Morgan fingerprint density at radius 2 is 2.00 bits per heavy atom. The van der Waals surface area contributed by atoms with Crippen molar-refractivity contribution in [2.75, 3.05) is 6.61 Å². The van der Waals surface area contributed by atoms with E-state index >= 15 is 0 Å². The third-order valence-electron chi connectivity index (χ3n) is 2.70. The van der Waals surface area contributed by atoms with Gasteiger partial charge in [-0.2, -0.15) is 0 Å². The van der Waals surface area contributed by atoms with Crippen molar-refractivity contribution in [3.05, 3.63) is 41.2 Å². The van der Waals surface area contributed by atoms with Crippen LogP contribution in [0.1, 0.15) is 35.1 Å². The van der Waals surface area contributed by atoms with Crippen molar-refractivity contribution in [3.63, 3.8) is 0 Å². The number of aryl methyl sites for hydroxylation is 1. The Morgan fingerprint density at radius 1 is 1.35 bits per heavy atom. The first-order valence-corrected chi connectivity index (χ1v) is 6.02. The third-order valence-corrected chi connectivity index (χ3v) is 2.70. The lowest BCUT2D eigenvalue weighted by Crippen LogP contribution is -2.13. The summed E-state index contributed by atoms with van der Waals surface area (Å²) >= 11 is 0. The highest BCUT2D eigenvalue weighted by molar-refractivity contribution is 5.89. The number of ether oxygens (including phenoxy) is 1. The Kier molecular flexibility index (Phi) is 4.07. The largest absolute Gasteiger partial charge is 0.461 e. The molecule has 7 heteroatoms. The van der Waals surface area contributed by atoms with Gasteiger partial charge in [-0.15, -0.1) is 5.10 Å². The summed E-state index contributed by atoms with van der Waals surface area (Å²) in [6.07, 6.45) is -2.54. The van der Waals surface area contributed by atoms with Crippen molar-refractivity contribution in [1.29, 1.82) is 0 Å². The van der Waals surface area contributed by atoms with Crippen LogP contribution in [0.15, 0.2) is 24.3 Å². The summed E-state index contributed by atoms with van der Waals surface area (Å²) in [7, 11) is 0. The highest BCUT2D eigenvalue weighted by Crippen LogP contribution is 2.21. The smallest absolute Gasteiger partial charge is 0.359 e. The lowest BCUT2D eigenvalue weighted by molar-refractivity contribution is 0.0515. The molecule has 0 atom stereocenters. The lowest BCUT2D eigenvalue weighted by atomic mass is 10.2. The first-order valence-electron chi connectivity index (χ1n) is 6.02. The second kappa shape index (κ2) is 5.77. The monoisotopic (exact) mass is 281 g/mol. The Labute approximate surface area is 114 Å². The average molecular weight is 281 g/mol. The van der Waals surface area contributed by atoms with Crippen molar-refractivity contribution in [2.24, 2.45) is 0 Å². The van der Waals surface area contributed by atoms with Gasteiger partial charge in [0.1, 0.15) is 0 Å². The van der Waals surface area contributed by atoms with Crippen LogP contribution in [0, 0.1) is 6.92 Å². The SMILES string of the molecule is CCOC(=O)c1c(C)nnn1-c1ccc(C(F)F)cc1. The molecule has 0 fully saturated rings. The predicted octanol–water partition coefficient (Wildman–Crippen LogP) is 2.69. The zero-order chi connectivity index (χ0) is 14.7. The van der Waals surface area contributed by atoms with Gasteiger partial charge in [0.05, 0.1) is 18.0 Å². The maximum Gasteiger partial charge on any atom is 0.359 e. The molecule has 0 aliphatic carbocycles. The van der Waals surface area contributed by atoms with E-state index in [4.69, 9.17) is 4.74 Å². The van der Waals surface area contributed by atoms with Gasteiger partial charge in [-0.3, -0.25) is 0 Å².